The van der Waals surface area contributed by atoms with Gasteiger partial charge < -0.3 is 14.7 Å². The van der Waals surface area contributed by atoms with Crippen LogP contribution in [0.3, 0.4) is 0 Å². The second-order valence-corrected chi connectivity index (χ2v) is 15.0. The molecule has 0 unspecified atom stereocenters. The Bertz CT molecular complexity index is 2420. The Hall–Kier alpha value is -6.91. The van der Waals surface area contributed by atoms with Crippen molar-refractivity contribution in [3.8, 4) is 11.3 Å². The van der Waals surface area contributed by atoms with E-state index in [0.717, 1.165) is 68.1 Å². The summed E-state index contributed by atoms with van der Waals surface area (Å²) in [6.07, 6.45) is 0. The van der Waals surface area contributed by atoms with Gasteiger partial charge >= 0.3 is 0 Å². The summed E-state index contributed by atoms with van der Waals surface area (Å²) in [6, 6.07) is 69.4. The molecule has 7 aromatic carbocycles. The molecule has 1 aromatic heterocycles. The zero-order valence-corrected chi connectivity index (χ0v) is 32.3. The normalized spacial score (nSPS) is 12.8. The summed E-state index contributed by atoms with van der Waals surface area (Å²) in [7, 11) is 0. The van der Waals surface area contributed by atoms with Crippen molar-refractivity contribution < 1.29 is 0 Å². The van der Waals surface area contributed by atoms with Crippen molar-refractivity contribution in [1.29, 1.82) is 0 Å². The van der Waals surface area contributed by atoms with Crippen LogP contribution in [0.1, 0.15) is 36.2 Å². The summed E-state index contributed by atoms with van der Waals surface area (Å²) in [5.74, 6) is 0. The van der Waals surface area contributed by atoms with Crippen molar-refractivity contribution in [3.05, 3.63) is 217 Å². The maximum Gasteiger partial charge on any atom is 0.0709 e. The third-order valence-corrected chi connectivity index (χ3v) is 11.1. The van der Waals surface area contributed by atoms with Gasteiger partial charge in [0.15, 0.2) is 0 Å². The molecule has 2 heterocycles. The van der Waals surface area contributed by atoms with Crippen LogP contribution < -0.4 is 14.7 Å². The fraction of sp³-hybridized carbons (Fsp3) is 0.0962. The Morgan fingerprint density at radius 1 is 0.411 bits per heavy atom. The number of pyridine rings is 1. The molecule has 56 heavy (non-hydrogen) atoms. The van der Waals surface area contributed by atoms with Crippen LogP contribution in [-0.4, -0.2) is 4.98 Å². The summed E-state index contributed by atoms with van der Waals surface area (Å²) in [5.41, 5.74) is 16.5. The Morgan fingerprint density at radius 2 is 0.804 bits per heavy atom. The number of nitrogens with zero attached hydrogens (tertiary/aromatic N) is 4. The van der Waals surface area contributed by atoms with E-state index >= 15 is 0 Å². The predicted molar refractivity (Wildman–Crippen MR) is 235 cm³/mol. The van der Waals surface area contributed by atoms with Gasteiger partial charge in [0.1, 0.15) is 0 Å². The summed E-state index contributed by atoms with van der Waals surface area (Å²) < 4.78 is 0. The lowest BCUT2D eigenvalue weighted by Gasteiger charge is -2.43. The Labute approximate surface area is 330 Å². The first-order chi connectivity index (χ1) is 27.4. The number of fused-ring (bicyclic) bond motifs is 2. The number of aromatic nitrogens is 1. The van der Waals surface area contributed by atoms with Crippen LogP contribution in [0.15, 0.2) is 194 Å². The standard InChI is InChI=1S/C52H44N4/c1-37-19-17-18-28-45(37)48-31-34-49(38(2)53-48)56-50-32-29-43(54(39-20-9-5-10-21-39)40-22-11-6-12-23-40)35-46(50)52(3,4)47-36-44(30-33-51(47)56)55(41-24-13-7-14-25-41)42-26-15-8-16-27-42/h5-36H,1-4H3. The third kappa shape index (κ3) is 6.19. The number of benzene rings is 7. The molecule has 272 valence electrons. The number of aryl methyl sites for hydroxylation is 2. The zero-order chi connectivity index (χ0) is 38.2. The zero-order valence-electron chi connectivity index (χ0n) is 32.3. The van der Waals surface area contributed by atoms with Crippen molar-refractivity contribution in [3.63, 3.8) is 0 Å². The van der Waals surface area contributed by atoms with E-state index < -0.39 is 0 Å². The molecule has 1 aliphatic rings. The minimum Gasteiger partial charge on any atom is -0.310 e. The van der Waals surface area contributed by atoms with E-state index in [9.17, 15) is 0 Å². The number of anilines is 9. The highest BCUT2D eigenvalue weighted by atomic mass is 15.2. The summed E-state index contributed by atoms with van der Waals surface area (Å²) in [5, 5.41) is 0. The molecule has 0 radical (unpaired) electrons. The van der Waals surface area contributed by atoms with Crippen molar-refractivity contribution in [2.75, 3.05) is 14.7 Å². The minimum atomic E-state index is -0.367. The molecule has 0 bridgehead atoms. The SMILES string of the molecule is Cc1ccccc1-c1ccc(N2c3ccc(N(c4ccccc4)c4ccccc4)cc3C(C)(C)c3cc(N(c4ccccc4)c4ccccc4)ccc32)c(C)n1. The van der Waals surface area contributed by atoms with Crippen LogP contribution in [0.5, 0.6) is 0 Å². The third-order valence-electron chi connectivity index (χ3n) is 11.1. The van der Waals surface area contributed by atoms with E-state index in [2.05, 4.69) is 237 Å². The van der Waals surface area contributed by atoms with Gasteiger partial charge in [0, 0.05) is 45.1 Å². The molecule has 4 heteroatoms. The first-order valence-corrected chi connectivity index (χ1v) is 19.3. The van der Waals surface area contributed by atoms with Crippen molar-refractivity contribution >= 4 is 51.2 Å². The van der Waals surface area contributed by atoms with Gasteiger partial charge in [0.05, 0.1) is 28.5 Å². The largest absolute Gasteiger partial charge is 0.310 e. The average molecular weight is 725 g/mol. The fourth-order valence-electron chi connectivity index (χ4n) is 8.25. The molecule has 1 aliphatic heterocycles. The van der Waals surface area contributed by atoms with E-state index in [1.807, 2.05) is 0 Å². The molecular weight excluding hydrogens is 681 g/mol. The number of para-hydroxylation sites is 4. The summed E-state index contributed by atoms with van der Waals surface area (Å²) in [6.45, 7) is 9.02. The van der Waals surface area contributed by atoms with Crippen molar-refractivity contribution in [2.24, 2.45) is 0 Å². The summed E-state index contributed by atoms with van der Waals surface area (Å²) in [4.78, 5) is 12.4. The van der Waals surface area contributed by atoms with Crippen LogP contribution in [0.2, 0.25) is 0 Å². The molecule has 0 saturated carbocycles. The monoisotopic (exact) mass is 724 g/mol. The van der Waals surface area contributed by atoms with Crippen LogP contribution in [0, 0.1) is 13.8 Å². The molecule has 0 aliphatic carbocycles. The Kier molecular flexibility index (Phi) is 8.95. The number of hydrogen-bond acceptors (Lipinski definition) is 4. The topological polar surface area (TPSA) is 22.6 Å². The van der Waals surface area contributed by atoms with Crippen LogP contribution in [0.25, 0.3) is 11.3 Å². The highest BCUT2D eigenvalue weighted by Crippen LogP contribution is 2.55. The van der Waals surface area contributed by atoms with Gasteiger partial charge in [-0.2, -0.15) is 0 Å². The second-order valence-electron chi connectivity index (χ2n) is 15.0. The van der Waals surface area contributed by atoms with E-state index in [1.165, 1.54) is 16.7 Å². The minimum absolute atomic E-state index is 0.367. The Balaban J connectivity index is 1.26. The van der Waals surface area contributed by atoms with Gasteiger partial charge in [-0.15, -0.1) is 0 Å². The maximum absolute atomic E-state index is 5.25. The first kappa shape index (κ1) is 34.8. The quantitative estimate of drug-likeness (QED) is 0.156. The lowest BCUT2D eigenvalue weighted by atomic mass is 9.73. The molecule has 0 saturated heterocycles. The van der Waals surface area contributed by atoms with Gasteiger partial charge in [-0.05, 0) is 128 Å². The average Bonchev–Trinajstić information content (AvgIpc) is 3.24. The molecule has 4 nitrogen and oxygen atoms in total. The smallest absolute Gasteiger partial charge is 0.0709 e. The van der Waals surface area contributed by atoms with E-state index in [-0.39, 0.29) is 5.41 Å². The van der Waals surface area contributed by atoms with Crippen molar-refractivity contribution in [2.45, 2.75) is 33.1 Å². The molecule has 0 atom stereocenters. The van der Waals surface area contributed by atoms with Crippen LogP contribution in [-0.2, 0) is 5.41 Å². The molecule has 0 fully saturated rings. The molecular formula is C52H44N4. The lowest BCUT2D eigenvalue weighted by Crippen LogP contribution is -2.31. The number of hydrogen-bond donors (Lipinski definition) is 0. The molecule has 8 aromatic rings. The second kappa shape index (κ2) is 14.4. The maximum atomic E-state index is 5.25. The van der Waals surface area contributed by atoms with Gasteiger partial charge in [-0.3, -0.25) is 4.98 Å². The van der Waals surface area contributed by atoms with Gasteiger partial charge in [-0.1, -0.05) is 111 Å². The predicted octanol–water partition coefficient (Wildman–Crippen LogP) is 14.4. The first-order valence-electron chi connectivity index (χ1n) is 19.3. The van der Waals surface area contributed by atoms with Gasteiger partial charge in [-0.25, -0.2) is 0 Å². The van der Waals surface area contributed by atoms with Crippen molar-refractivity contribution in [1.82, 2.24) is 4.98 Å². The molecule has 0 spiro atoms. The van der Waals surface area contributed by atoms with Gasteiger partial charge in [0.25, 0.3) is 0 Å². The van der Waals surface area contributed by atoms with Gasteiger partial charge in [0.2, 0.25) is 0 Å². The molecule has 0 N–H and O–H groups in total. The summed E-state index contributed by atoms with van der Waals surface area (Å²) >= 11 is 0. The van der Waals surface area contributed by atoms with E-state index in [4.69, 9.17) is 4.98 Å². The Morgan fingerprint density at radius 3 is 1.21 bits per heavy atom. The van der Waals surface area contributed by atoms with Crippen LogP contribution >= 0.6 is 0 Å². The fourth-order valence-corrected chi connectivity index (χ4v) is 8.25. The van der Waals surface area contributed by atoms with E-state index in [0.29, 0.717) is 0 Å². The lowest BCUT2D eigenvalue weighted by molar-refractivity contribution is 0.632. The van der Waals surface area contributed by atoms with Crippen LogP contribution in [0.4, 0.5) is 51.2 Å². The highest BCUT2D eigenvalue weighted by Gasteiger charge is 2.39. The van der Waals surface area contributed by atoms with E-state index in [1.54, 1.807) is 0 Å². The highest BCUT2D eigenvalue weighted by molar-refractivity contribution is 5.91. The molecule has 9 rings (SSSR count). The number of rotatable bonds is 8. The molecule has 0 amide bonds.